The normalized spacial score (nSPS) is 15.5. The number of imidazole rings is 1. The Bertz CT molecular complexity index is 1080. The number of nitrogens with zero attached hydrogens (tertiary/aromatic N) is 4. The average molecular weight is 388 g/mol. The molecule has 8 nitrogen and oxygen atoms in total. The van der Waals surface area contributed by atoms with Gasteiger partial charge in [-0.05, 0) is 11.6 Å². The van der Waals surface area contributed by atoms with Gasteiger partial charge in [-0.15, -0.1) is 0 Å². The number of amides is 2. The van der Waals surface area contributed by atoms with Gasteiger partial charge < -0.3 is 20.1 Å². The topological polar surface area (TPSA) is 94.2 Å². The number of fused-ring (bicyclic) bond motifs is 2. The van der Waals surface area contributed by atoms with Gasteiger partial charge in [-0.3, -0.25) is 9.59 Å². The van der Waals surface area contributed by atoms with E-state index in [9.17, 15) is 9.59 Å². The van der Waals surface area contributed by atoms with E-state index >= 15 is 0 Å². The smallest absolute Gasteiger partial charge is 0.255 e. The molecule has 8 heteroatoms. The summed E-state index contributed by atoms with van der Waals surface area (Å²) in [7, 11) is 0. The zero-order valence-corrected chi connectivity index (χ0v) is 15.8. The Kier molecular flexibility index (Phi) is 4.23. The predicted molar refractivity (Wildman–Crippen MR) is 107 cm³/mol. The van der Waals surface area contributed by atoms with E-state index in [0.717, 1.165) is 23.4 Å². The average Bonchev–Trinajstić information content (AvgIpc) is 3.23. The lowest BCUT2D eigenvalue weighted by Gasteiger charge is -2.31. The summed E-state index contributed by atoms with van der Waals surface area (Å²) in [5.74, 6) is 0.470. The summed E-state index contributed by atoms with van der Waals surface area (Å²) in [6.07, 6.45) is 3.97. The number of anilines is 2. The molecule has 0 bridgehead atoms. The number of rotatable bonds is 3. The molecule has 0 atom stereocenters. The first-order valence-corrected chi connectivity index (χ1v) is 9.57. The van der Waals surface area contributed by atoms with E-state index in [0.29, 0.717) is 36.7 Å². The molecule has 2 amide bonds. The molecule has 0 fully saturated rings. The maximum absolute atomic E-state index is 13.1. The van der Waals surface area contributed by atoms with Crippen LogP contribution in [0, 0.1) is 0 Å². The van der Waals surface area contributed by atoms with Gasteiger partial charge in [0.2, 0.25) is 5.91 Å². The molecule has 0 aliphatic carbocycles. The maximum Gasteiger partial charge on any atom is 0.255 e. The highest BCUT2D eigenvalue weighted by molar-refractivity contribution is 6.04. The van der Waals surface area contributed by atoms with E-state index in [4.69, 9.17) is 0 Å². The van der Waals surface area contributed by atoms with Crippen LogP contribution in [0.3, 0.4) is 0 Å². The number of carbonyl (C=O) groups excluding carboxylic acids is 2. The quantitative estimate of drug-likeness (QED) is 0.715. The van der Waals surface area contributed by atoms with Gasteiger partial charge in [0, 0.05) is 19.2 Å². The Labute approximate surface area is 167 Å². The molecule has 0 saturated carbocycles. The molecule has 2 aliphatic rings. The SMILES string of the molecule is O=C(c1cnc2c(c1)N(Cc1ccccc1)C(=O)CN2)N1CCc2nc[nH]c2C1. The Hall–Kier alpha value is -3.68. The highest BCUT2D eigenvalue weighted by Crippen LogP contribution is 2.30. The zero-order chi connectivity index (χ0) is 19.8. The van der Waals surface area contributed by atoms with Gasteiger partial charge in [0.15, 0.2) is 5.82 Å². The lowest BCUT2D eigenvalue weighted by atomic mass is 10.1. The van der Waals surface area contributed by atoms with Crippen LogP contribution in [-0.2, 0) is 24.3 Å². The molecule has 0 radical (unpaired) electrons. The van der Waals surface area contributed by atoms with Crippen molar-refractivity contribution in [3.8, 4) is 0 Å². The van der Waals surface area contributed by atoms with Crippen LogP contribution >= 0.6 is 0 Å². The van der Waals surface area contributed by atoms with Crippen molar-refractivity contribution in [3.63, 3.8) is 0 Å². The molecule has 29 heavy (non-hydrogen) atoms. The summed E-state index contributed by atoms with van der Waals surface area (Å²) < 4.78 is 0. The number of benzene rings is 1. The largest absolute Gasteiger partial charge is 0.359 e. The van der Waals surface area contributed by atoms with Crippen molar-refractivity contribution >= 4 is 23.3 Å². The number of nitrogens with one attached hydrogen (secondary N) is 2. The molecule has 3 aromatic rings. The van der Waals surface area contributed by atoms with Gasteiger partial charge in [0.1, 0.15) is 0 Å². The van der Waals surface area contributed by atoms with Gasteiger partial charge in [-0.25, -0.2) is 9.97 Å². The van der Waals surface area contributed by atoms with Gasteiger partial charge >= 0.3 is 0 Å². The fourth-order valence-electron chi connectivity index (χ4n) is 3.81. The third-order valence-electron chi connectivity index (χ3n) is 5.36. The van der Waals surface area contributed by atoms with Gasteiger partial charge in [0.25, 0.3) is 5.91 Å². The van der Waals surface area contributed by atoms with E-state index in [1.165, 1.54) is 0 Å². The number of aromatic nitrogens is 3. The van der Waals surface area contributed by atoms with Crippen molar-refractivity contribution in [3.05, 3.63) is 71.4 Å². The molecule has 0 unspecified atom stereocenters. The van der Waals surface area contributed by atoms with E-state index in [1.54, 1.807) is 28.4 Å². The fraction of sp³-hybridized carbons (Fsp3) is 0.238. The molecule has 0 spiro atoms. The van der Waals surface area contributed by atoms with Crippen LogP contribution in [0.2, 0.25) is 0 Å². The minimum atomic E-state index is -0.0989. The molecular formula is C21H20N6O2. The van der Waals surface area contributed by atoms with Crippen molar-refractivity contribution in [2.75, 3.05) is 23.3 Å². The van der Waals surface area contributed by atoms with Crippen molar-refractivity contribution in [2.24, 2.45) is 0 Å². The first-order chi connectivity index (χ1) is 14.2. The standard InChI is InChI=1S/C21H20N6O2/c28-19-10-23-20-18(27(19)11-14-4-2-1-3-5-14)8-15(9-22-20)21(29)26-7-6-16-17(12-26)25-13-24-16/h1-5,8-9,13H,6-7,10-12H2,(H,22,23)(H,24,25). The van der Waals surface area contributed by atoms with Crippen molar-refractivity contribution in [1.29, 1.82) is 0 Å². The summed E-state index contributed by atoms with van der Waals surface area (Å²) in [5, 5.41) is 3.04. The number of hydrogen-bond acceptors (Lipinski definition) is 5. The van der Waals surface area contributed by atoms with Crippen molar-refractivity contribution < 1.29 is 9.59 Å². The molecular weight excluding hydrogens is 368 g/mol. The van der Waals surface area contributed by atoms with Crippen LogP contribution < -0.4 is 10.2 Å². The Morgan fingerprint density at radius 2 is 2.03 bits per heavy atom. The Morgan fingerprint density at radius 1 is 1.17 bits per heavy atom. The van der Waals surface area contributed by atoms with Crippen LogP contribution in [0.15, 0.2) is 48.9 Å². The van der Waals surface area contributed by atoms with Gasteiger partial charge in [-0.2, -0.15) is 0 Å². The minimum absolute atomic E-state index is 0.0483. The number of carbonyl (C=O) groups is 2. The second kappa shape index (κ2) is 7.05. The van der Waals surface area contributed by atoms with Crippen LogP contribution in [-0.4, -0.2) is 44.8 Å². The first-order valence-electron chi connectivity index (χ1n) is 9.57. The predicted octanol–water partition coefficient (Wildman–Crippen LogP) is 1.96. The lowest BCUT2D eigenvalue weighted by Crippen LogP contribution is -2.40. The summed E-state index contributed by atoms with van der Waals surface area (Å²) in [6.45, 7) is 1.73. The summed E-state index contributed by atoms with van der Waals surface area (Å²) >= 11 is 0. The van der Waals surface area contributed by atoms with Gasteiger partial charge in [-0.1, -0.05) is 30.3 Å². The van der Waals surface area contributed by atoms with Crippen LogP contribution in [0.1, 0.15) is 27.3 Å². The molecule has 2 aliphatic heterocycles. The molecule has 0 saturated heterocycles. The van der Waals surface area contributed by atoms with E-state index in [-0.39, 0.29) is 18.4 Å². The van der Waals surface area contributed by atoms with Crippen LogP contribution in [0.4, 0.5) is 11.5 Å². The number of H-pyrrole nitrogens is 1. The second-order valence-electron chi connectivity index (χ2n) is 7.22. The maximum atomic E-state index is 13.1. The monoisotopic (exact) mass is 388 g/mol. The summed E-state index contributed by atoms with van der Waals surface area (Å²) in [4.78, 5) is 40.9. The van der Waals surface area contributed by atoms with Crippen LogP contribution in [0.25, 0.3) is 0 Å². The number of pyridine rings is 1. The summed E-state index contributed by atoms with van der Waals surface area (Å²) in [5.41, 5.74) is 4.12. The highest BCUT2D eigenvalue weighted by atomic mass is 16.2. The molecule has 4 heterocycles. The molecule has 1 aromatic carbocycles. The molecule has 2 N–H and O–H groups in total. The third kappa shape index (κ3) is 3.22. The number of aromatic amines is 1. The fourth-order valence-corrected chi connectivity index (χ4v) is 3.81. The summed E-state index contributed by atoms with van der Waals surface area (Å²) in [6, 6.07) is 11.6. The molecule has 146 valence electrons. The van der Waals surface area contributed by atoms with E-state index < -0.39 is 0 Å². The second-order valence-corrected chi connectivity index (χ2v) is 7.22. The number of hydrogen-bond donors (Lipinski definition) is 2. The first kappa shape index (κ1) is 17.4. The Balaban J connectivity index is 1.43. The van der Waals surface area contributed by atoms with Crippen molar-refractivity contribution in [2.45, 2.75) is 19.5 Å². The zero-order valence-electron chi connectivity index (χ0n) is 15.8. The molecule has 2 aromatic heterocycles. The molecule has 5 rings (SSSR count). The lowest BCUT2D eigenvalue weighted by molar-refractivity contribution is -0.117. The van der Waals surface area contributed by atoms with E-state index in [1.807, 2.05) is 30.3 Å². The van der Waals surface area contributed by atoms with E-state index in [2.05, 4.69) is 20.3 Å². The highest BCUT2D eigenvalue weighted by Gasteiger charge is 2.28. The Morgan fingerprint density at radius 3 is 2.90 bits per heavy atom. The minimum Gasteiger partial charge on any atom is -0.359 e. The van der Waals surface area contributed by atoms with Crippen molar-refractivity contribution in [1.82, 2.24) is 19.9 Å². The van der Waals surface area contributed by atoms with Crippen LogP contribution in [0.5, 0.6) is 0 Å². The third-order valence-corrected chi connectivity index (χ3v) is 5.36. The van der Waals surface area contributed by atoms with Gasteiger partial charge in [0.05, 0.1) is 48.6 Å².